The Bertz CT molecular complexity index is 750. The van der Waals surface area contributed by atoms with Crippen LogP contribution >= 0.6 is 0 Å². The zero-order valence-corrected chi connectivity index (χ0v) is 11.8. The summed E-state index contributed by atoms with van der Waals surface area (Å²) in [5.41, 5.74) is -0.430. The summed E-state index contributed by atoms with van der Waals surface area (Å²) >= 11 is 0. The van der Waals surface area contributed by atoms with Crippen LogP contribution in [0.2, 0.25) is 0 Å². The van der Waals surface area contributed by atoms with E-state index in [4.69, 9.17) is 9.47 Å². The van der Waals surface area contributed by atoms with E-state index in [0.717, 1.165) is 6.33 Å². The number of nitro groups is 1. The lowest BCUT2D eigenvalue weighted by molar-refractivity contribution is -0.387. The van der Waals surface area contributed by atoms with E-state index < -0.39 is 10.6 Å². The van der Waals surface area contributed by atoms with Gasteiger partial charge < -0.3 is 9.47 Å². The molecular weight excluding hydrogens is 298 g/mol. The molecule has 0 amide bonds. The average molecular weight is 309 g/mol. The molecule has 0 aliphatic heterocycles. The minimum atomic E-state index is -0.628. The van der Waals surface area contributed by atoms with Gasteiger partial charge in [0.15, 0.2) is 0 Å². The van der Waals surface area contributed by atoms with E-state index in [2.05, 4.69) is 9.97 Å². The third kappa shape index (κ3) is 3.41. The highest BCUT2D eigenvalue weighted by Gasteiger charge is 2.27. The van der Waals surface area contributed by atoms with Crippen molar-refractivity contribution in [3.05, 3.63) is 77.1 Å². The molecule has 114 valence electrons. The van der Waals surface area contributed by atoms with Crippen LogP contribution in [0.5, 0.6) is 23.3 Å². The topological polar surface area (TPSA) is 87.4 Å². The lowest BCUT2D eigenvalue weighted by Crippen LogP contribution is -2.01. The average Bonchev–Trinajstić information content (AvgIpc) is 2.56. The summed E-state index contributed by atoms with van der Waals surface area (Å²) in [6, 6.07) is 17.3. The molecule has 0 unspecified atom stereocenters. The van der Waals surface area contributed by atoms with Crippen molar-refractivity contribution in [1.82, 2.24) is 9.97 Å². The molecule has 0 fully saturated rings. The molecular formula is C16H11N3O4. The number of benzene rings is 2. The molecule has 3 aromatic rings. The molecule has 0 atom stereocenters. The van der Waals surface area contributed by atoms with E-state index in [1.165, 1.54) is 0 Å². The number of ether oxygens (including phenoxy) is 2. The van der Waals surface area contributed by atoms with Crippen LogP contribution in [-0.4, -0.2) is 14.9 Å². The fraction of sp³-hybridized carbons (Fsp3) is 0. The Labute approximate surface area is 131 Å². The van der Waals surface area contributed by atoms with Gasteiger partial charge in [-0.3, -0.25) is 10.1 Å². The first kappa shape index (κ1) is 14.5. The molecule has 3 rings (SSSR count). The number of nitrogens with zero attached hydrogens (tertiary/aromatic N) is 3. The highest BCUT2D eigenvalue weighted by atomic mass is 16.6. The van der Waals surface area contributed by atoms with Crippen LogP contribution in [0, 0.1) is 10.1 Å². The van der Waals surface area contributed by atoms with Crippen molar-refractivity contribution >= 4 is 5.69 Å². The number of hydrogen-bond donors (Lipinski definition) is 0. The van der Waals surface area contributed by atoms with Crippen LogP contribution < -0.4 is 9.47 Å². The largest absolute Gasteiger partial charge is 0.433 e. The smallest absolute Gasteiger partial charge is 0.393 e. The molecule has 7 heteroatoms. The van der Waals surface area contributed by atoms with Crippen molar-refractivity contribution in [3.8, 4) is 23.3 Å². The normalized spacial score (nSPS) is 10.1. The predicted molar refractivity (Wildman–Crippen MR) is 81.7 cm³/mol. The van der Waals surface area contributed by atoms with Crippen LogP contribution in [0.15, 0.2) is 67.0 Å². The Kier molecular flexibility index (Phi) is 4.10. The van der Waals surface area contributed by atoms with Gasteiger partial charge in [-0.05, 0) is 24.3 Å². The number of aromatic nitrogens is 2. The second-order valence-electron chi connectivity index (χ2n) is 4.42. The van der Waals surface area contributed by atoms with Gasteiger partial charge in [0.1, 0.15) is 17.8 Å². The highest BCUT2D eigenvalue weighted by molar-refractivity contribution is 5.52. The molecule has 0 aliphatic rings. The zero-order valence-electron chi connectivity index (χ0n) is 11.8. The fourth-order valence-electron chi connectivity index (χ4n) is 1.85. The molecule has 0 saturated carbocycles. The zero-order chi connectivity index (χ0) is 16.1. The molecule has 1 heterocycles. The summed E-state index contributed by atoms with van der Waals surface area (Å²) in [7, 11) is 0. The molecule has 0 bridgehead atoms. The molecule has 1 aromatic heterocycles. The highest BCUT2D eigenvalue weighted by Crippen LogP contribution is 2.37. The number of rotatable bonds is 5. The molecule has 0 saturated heterocycles. The SMILES string of the molecule is O=[N+]([O-])c1c(Oc2ccccc2)ncnc1Oc1ccccc1. The van der Waals surface area contributed by atoms with Crippen LogP contribution in [0.1, 0.15) is 0 Å². The first-order chi connectivity index (χ1) is 11.2. The Hall–Kier alpha value is -3.48. The van der Waals surface area contributed by atoms with E-state index >= 15 is 0 Å². The Morgan fingerprint density at radius 2 is 1.22 bits per heavy atom. The Balaban J connectivity index is 1.97. The Morgan fingerprint density at radius 3 is 1.61 bits per heavy atom. The molecule has 0 N–H and O–H groups in total. The van der Waals surface area contributed by atoms with E-state index in [-0.39, 0.29) is 11.8 Å². The Morgan fingerprint density at radius 1 is 0.783 bits per heavy atom. The summed E-state index contributed by atoms with van der Waals surface area (Å²) < 4.78 is 11.0. The molecule has 0 radical (unpaired) electrons. The first-order valence-electron chi connectivity index (χ1n) is 6.69. The third-order valence-corrected chi connectivity index (χ3v) is 2.85. The van der Waals surface area contributed by atoms with Crippen molar-refractivity contribution in [2.24, 2.45) is 0 Å². The minimum Gasteiger partial charge on any atom is -0.433 e. The molecule has 7 nitrogen and oxygen atoms in total. The van der Waals surface area contributed by atoms with Crippen molar-refractivity contribution in [2.45, 2.75) is 0 Å². The molecule has 0 aliphatic carbocycles. The lowest BCUT2D eigenvalue weighted by Gasteiger charge is -2.08. The van der Waals surface area contributed by atoms with E-state index in [1.807, 2.05) is 12.1 Å². The second kappa shape index (κ2) is 6.52. The van der Waals surface area contributed by atoms with Gasteiger partial charge in [0.25, 0.3) is 0 Å². The monoisotopic (exact) mass is 309 g/mol. The van der Waals surface area contributed by atoms with Crippen LogP contribution in [0.3, 0.4) is 0 Å². The molecule has 23 heavy (non-hydrogen) atoms. The summed E-state index contributed by atoms with van der Waals surface area (Å²) in [4.78, 5) is 18.4. The van der Waals surface area contributed by atoms with Gasteiger partial charge in [-0.25, -0.2) is 0 Å². The molecule has 2 aromatic carbocycles. The van der Waals surface area contributed by atoms with E-state index in [0.29, 0.717) is 11.5 Å². The summed E-state index contributed by atoms with van der Waals surface area (Å²) in [5, 5.41) is 11.4. The van der Waals surface area contributed by atoms with Crippen molar-refractivity contribution in [2.75, 3.05) is 0 Å². The fourth-order valence-corrected chi connectivity index (χ4v) is 1.85. The predicted octanol–water partition coefficient (Wildman–Crippen LogP) is 3.97. The molecule has 0 spiro atoms. The van der Waals surface area contributed by atoms with Crippen molar-refractivity contribution in [3.63, 3.8) is 0 Å². The maximum atomic E-state index is 11.4. The minimum absolute atomic E-state index is 0.179. The summed E-state index contributed by atoms with van der Waals surface area (Å²) in [6.45, 7) is 0. The number of para-hydroxylation sites is 2. The van der Waals surface area contributed by atoms with Gasteiger partial charge in [0.2, 0.25) is 0 Å². The van der Waals surface area contributed by atoms with Gasteiger partial charge in [-0.2, -0.15) is 9.97 Å². The van der Waals surface area contributed by atoms with Gasteiger partial charge in [0.05, 0.1) is 4.92 Å². The maximum Gasteiger partial charge on any atom is 0.393 e. The van der Waals surface area contributed by atoms with Crippen LogP contribution in [-0.2, 0) is 0 Å². The second-order valence-corrected chi connectivity index (χ2v) is 4.42. The standard InChI is InChI=1S/C16H11N3O4/c20-19(21)14-15(22-12-7-3-1-4-8-12)17-11-18-16(14)23-13-9-5-2-6-10-13/h1-11H. The quantitative estimate of drug-likeness (QED) is 0.523. The lowest BCUT2D eigenvalue weighted by atomic mass is 10.3. The van der Waals surface area contributed by atoms with Gasteiger partial charge in [-0.15, -0.1) is 0 Å². The van der Waals surface area contributed by atoms with Crippen LogP contribution in [0.25, 0.3) is 0 Å². The van der Waals surface area contributed by atoms with Crippen LogP contribution in [0.4, 0.5) is 5.69 Å². The van der Waals surface area contributed by atoms with Gasteiger partial charge in [0, 0.05) is 0 Å². The van der Waals surface area contributed by atoms with E-state index in [1.54, 1.807) is 48.5 Å². The third-order valence-electron chi connectivity index (χ3n) is 2.85. The summed E-state index contributed by atoms with van der Waals surface area (Å²) in [5.74, 6) is 0.504. The van der Waals surface area contributed by atoms with E-state index in [9.17, 15) is 10.1 Å². The van der Waals surface area contributed by atoms with Crippen molar-refractivity contribution in [1.29, 1.82) is 0 Å². The maximum absolute atomic E-state index is 11.4. The van der Waals surface area contributed by atoms with Gasteiger partial charge in [-0.1, -0.05) is 36.4 Å². The van der Waals surface area contributed by atoms with Crippen molar-refractivity contribution < 1.29 is 14.4 Å². The number of hydrogen-bond acceptors (Lipinski definition) is 6. The first-order valence-corrected chi connectivity index (χ1v) is 6.69. The van der Waals surface area contributed by atoms with Gasteiger partial charge >= 0.3 is 17.4 Å². The summed E-state index contributed by atoms with van der Waals surface area (Å²) in [6.07, 6.45) is 1.16.